The number of aromatic nitrogens is 3. The van der Waals surface area contributed by atoms with Crippen LogP contribution in [0.25, 0.3) is 0 Å². The number of pyridine rings is 1. The van der Waals surface area contributed by atoms with Gasteiger partial charge < -0.3 is 15.8 Å². The molecule has 3 atom stereocenters. The molecule has 3 N–H and O–H groups in total. The molecule has 0 unspecified atom stereocenters. The van der Waals surface area contributed by atoms with Crippen molar-refractivity contribution in [3.63, 3.8) is 0 Å². The topological polar surface area (TPSA) is 123 Å². The summed E-state index contributed by atoms with van der Waals surface area (Å²) in [5, 5.41) is 3.16. The number of allylic oxidation sites excluding steroid dienone is 2. The van der Waals surface area contributed by atoms with Crippen LogP contribution in [0.1, 0.15) is 75.3 Å². The van der Waals surface area contributed by atoms with Crippen LogP contribution >= 0.6 is 0 Å². The van der Waals surface area contributed by atoms with Crippen molar-refractivity contribution in [2.75, 3.05) is 18.9 Å². The second-order valence-corrected chi connectivity index (χ2v) is 10.6. The Balaban J connectivity index is 1.49. The predicted octanol–water partition coefficient (Wildman–Crippen LogP) is 4.19. The van der Waals surface area contributed by atoms with Gasteiger partial charge in [-0.25, -0.2) is 9.97 Å². The van der Waals surface area contributed by atoms with Gasteiger partial charge in [0, 0.05) is 36.0 Å². The Kier molecular flexibility index (Phi) is 7.24. The number of Topliss-reactive ketones (excluding diaryl/α,β-unsaturated/α-hetero) is 2. The molecule has 9 nitrogen and oxygen atoms in total. The van der Waals surface area contributed by atoms with Gasteiger partial charge in [0.25, 0.3) is 0 Å². The van der Waals surface area contributed by atoms with Gasteiger partial charge in [-0.05, 0) is 77.6 Å². The molecule has 2 fully saturated rings. The quantitative estimate of drug-likeness (QED) is 0.534. The van der Waals surface area contributed by atoms with E-state index in [9.17, 15) is 9.59 Å². The highest BCUT2D eigenvalue weighted by Crippen LogP contribution is 2.47. The Bertz CT molecular complexity index is 1200. The number of ketones is 2. The smallest absolute Gasteiger partial charge is 0.228 e. The van der Waals surface area contributed by atoms with Crippen molar-refractivity contribution in [1.29, 1.82) is 0 Å². The van der Waals surface area contributed by atoms with Gasteiger partial charge in [0.2, 0.25) is 17.5 Å². The first kappa shape index (κ1) is 25.3. The van der Waals surface area contributed by atoms with E-state index in [1.165, 1.54) is 0 Å². The molecule has 3 aliphatic rings. The summed E-state index contributed by atoms with van der Waals surface area (Å²) in [6.45, 7) is 3.06. The van der Waals surface area contributed by atoms with Crippen molar-refractivity contribution in [2.24, 2.45) is 11.1 Å². The fourth-order valence-electron chi connectivity index (χ4n) is 6.15. The molecule has 9 heteroatoms. The van der Waals surface area contributed by atoms with Crippen LogP contribution in [0, 0.1) is 5.41 Å². The average Bonchev–Trinajstić information content (AvgIpc) is 3.33. The number of nitrogens with zero attached hydrogens (tertiary/aromatic N) is 4. The molecular weight excluding hydrogens is 468 g/mol. The van der Waals surface area contributed by atoms with Crippen molar-refractivity contribution < 1.29 is 14.3 Å². The van der Waals surface area contributed by atoms with Crippen molar-refractivity contribution in [1.82, 2.24) is 19.9 Å². The van der Waals surface area contributed by atoms with Gasteiger partial charge in [0.05, 0.1) is 5.41 Å². The molecule has 2 aromatic rings. The summed E-state index contributed by atoms with van der Waals surface area (Å²) in [6, 6.07) is 7.48. The first-order valence-electron chi connectivity index (χ1n) is 13.4. The first-order valence-corrected chi connectivity index (χ1v) is 13.4. The number of carbonyl (C=O) groups excluding carboxylic acids is 2. The zero-order valence-corrected chi connectivity index (χ0v) is 21.7. The Morgan fingerprint density at radius 1 is 1.16 bits per heavy atom. The van der Waals surface area contributed by atoms with Crippen LogP contribution in [0.15, 0.2) is 41.7 Å². The van der Waals surface area contributed by atoms with Crippen molar-refractivity contribution in [3.8, 4) is 5.88 Å². The van der Waals surface area contributed by atoms with Crippen molar-refractivity contribution in [2.45, 2.75) is 76.9 Å². The Morgan fingerprint density at radius 3 is 2.73 bits per heavy atom. The van der Waals surface area contributed by atoms with Crippen LogP contribution in [-0.2, 0) is 4.79 Å². The van der Waals surface area contributed by atoms with Gasteiger partial charge in [-0.3, -0.25) is 14.5 Å². The Morgan fingerprint density at radius 2 is 2.00 bits per heavy atom. The number of hydrogen-bond acceptors (Lipinski definition) is 9. The number of anilines is 2. The molecule has 196 valence electrons. The second kappa shape index (κ2) is 10.6. The SMILES string of the molecule is C[C@H](Oc1cc(Nc2ccccn2)nc(C(=O)C2=C(N)[C@]3(CCCCC3=O)CCC2)n1)[C@@H]1CCCN1C. The highest BCUT2D eigenvalue weighted by atomic mass is 16.5. The molecular formula is C28H36N6O3. The molecule has 3 heterocycles. The zero-order chi connectivity index (χ0) is 26.0. The minimum absolute atomic E-state index is 0.0150. The number of rotatable bonds is 7. The molecule has 2 aliphatic carbocycles. The highest BCUT2D eigenvalue weighted by molar-refractivity contribution is 6.08. The molecule has 37 heavy (non-hydrogen) atoms. The van der Waals surface area contributed by atoms with Gasteiger partial charge in [-0.15, -0.1) is 0 Å². The number of carbonyl (C=O) groups is 2. The molecule has 1 aliphatic heterocycles. The minimum atomic E-state index is -0.716. The maximum atomic E-state index is 13.8. The second-order valence-electron chi connectivity index (χ2n) is 10.6. The number of hydrogen-bond donors (Lipinski definition) is 2. The van der Waals surface area contributed by atoms with Crippen molar-refractivity contribution in [3.05, 3.63) is 47.6 Å². The van der Waals surface area contributed by atoms with E-state index in [1.807, 2.05) is 25.1 Å². The minimum Gasteiger partial charge on any atom is -0.473 e. The van der Waals surface area contributed by atoms with Gasteiger partial charge in [0.15, 0.2) is 0 Å². The van der Waals surface area contributed by atoms with E-state index < -0.39 is 5.41 Å². The molecule has 2 aromatic heterocycles. The number of nitrogens with one attached hydrogen (secondary N) is 1. The van der Waals surface area contributed by atoms with Crippen molar-refractivity contribution >= 4 is 23.2 Å². The molecule has 0 radical (unpaired) electrons. The maximum absolute atomic E-state index is 13.8. The molecule has 1 spiro atoms. The molecule has 0 aromatic carbocycles. The summed E-state index contributed by atoms with van der Waals surface area (Å²) in [5.74, 6) is 1.17. The molecule has 1 saturated heterocycles. The van der Waals surface area contributed by atoms with E-state index in [1.54, 1.807) is 12.3 Å². The van der Waals surface area contributed by atoms with Gasteiger partial charge >= 0.3 is 0 Å². The lowest BCUT2D eigenvalue weighted by atomic mass is 9.64. The summed E-state index contributed by atoms with van der Waals surface area (Å²) in [4.78, 5) is 42.5. The van der Waals surface area contributed by atoms with Crippen LogP contribution in [0.5, 0.6) is 5.88 Å². The van der Waals surface area contributed by atoms with Gasteiger partial charge in [-0.1, -0.05) is 12.5 Å². The first-order chi connectivity index (χ1) is 17.9. The van der Waals surface area contributed by atoms with Crippen LogP contribution in [-0.4, -0.2) is 57.2 Å². The van der Waals surface area contributed by atoms with Crippen LogP contribution < -0.4 is 15.8 Å². The third-order valence-electron chi connectivity index (χ3n) is 8.19. The summed E-state index contributed by atoms with van der Waals surface area (Å²) < 4.78 is 6.27. The molecule has 0 amide bonds. The third kappa shape index (κ3) is 5.09. The van der Waals surface area contributed by atoms with E-state index >= 15 is 0 Å². The largest absolute Gasteiger partial charge is 0.473 e. The molecule has 1 saturated carbocycles. The van der Waals surface area contributed by atoms with Gasteiger partial charge in [-0.2, -0.15) is 4.98 Å². The monoisotopic (exact) mass is 504 g/mol. The number of nitrogens with two attached hydrogens (primary N) is 1. The fourth-order valence-corrected chi connectivity index (χ4v) is 6.15. The van der Waals surface area contributed by atoms with Crippen LogP contribution in [0.3, 0.4) is 0 Å². The Hall–Kier alpha value is -3.33. The van der Waals surface area contributed by atoms with Gasteiger partial charge in [0.1, 0.15) is 23.5 Å². The predicted molar refractivity (Wildman–Crippen MR) is 141 cm³/mol. The lowest BCUT2D eigenvalue weighted by molar-refractivity contribution is -0.129. The number of likely N-dealkylation sites (tertiary alicyclic amines) is 1. The third-order valence-corrected chi connectivity index (χ3v) is 8.19. The van der Waals surface area contributed by atoms with E-state index in [4.69, 9.17) is 10.5 Å². The lowest BCUT2D eigenvalue weighted by Gasteiger charge is -2.40. The standard InChI is InChI=1S/C28H36N6O3/c1-18(20-10-8-16-34(20)2)37-24-17-23(31-22-12-4-6-15-30-22)32-27(33-24)25(36)19-9-7-14-28(26(19)29)13-5-3-11-21(28)35/h4,6,12,15,17-18,20H,3,5,7-11,13-14,16,29H2,1-2H3,(H,30,31,32,33)/t18-,20-,28+/m0/s1. The summed E-state index contributed by atoms with van der Waals surface area (Å²) >= 11 is 0. The van der Waals surface area contributed by atoms with Crippen LogP contribution in [0.2, 0.25) is 0 Å². The summed E-state index contributed by atoms with van der Waals surface area (Å²) in [5.41, 5.74) is 6.78. The van der Waals surface area contributed by atoms with E-state index in [0.717, 1.165) is 38.6 Å². The van der Waals surface area contributed by atoms with E-state index in [0.29, 0.717) is 54.5 Å². The highest BCUT2D eigenvalue weighted by Gasteiger charge is 2.46. The Labute approximate surface area is 217 Å². The normalized spacial score (nSPS) is 25.4. The lowest BCUT2D eigenvalue weighted by Crippen LogP contribution is -2.42. The fraction of sp³-hybridized carbons (Fsp3) is 0.536. The number of ether oxygens (including phenoxy) is 1. The molecule has 0 bridgehead atoms. The molecule has 5 rings (SSSR count). The zero-order valence-electron chi connectivity index (χ0n) is 21.7. The number of likely N-dealkylation sites (N-methyl/N-ethyl adjacent to an activating group) is 1. The summed E-state index contributed by atoms with van der Waals surface area (Å²) in [7, 11) is 2.10. The average molecular weight is 505 g/mol. The maximum Gasteiger partial charge on any atom is 0.228 e. The van der Waals surface area contributed by atoms with E-state index in [2.05, 4.69) is 32.2 Å². The summed E-state index contributed by atoms with van der Waals surface area (Å²) in [6.07, 6.45) is 8.76. The van der Waals surface area contributed by atoms with E-state index in [-0.39, 0.29) is 29.5 Å². The van der Waals surface area contributed by atoms with Crippen LogP contribution in [0.4, 0.5) is 11.6 Å².